The molecule has 0 fully saturated rings. The number of rotatable bonds is 5. The molecule has 1 amide bonds. The molecule has 0 aromatic heterocycles. The van der Waals surface area contributed by atoms with Gasteiger partial charge in [0.05, 0.1) is 12.8 Å². The maximum atomic E-state index is 12.1. The maximum Gasteiger partial charge on any atom is 0.262 e. The first-order valence-corrected chi connectivity index (χ1v) is 7.62. The number of nitrogens with one attached hydrogen (secondary N) is 1. The molecule has 0 unspecified atom stereocenters. The molecule has 23 heavy (non-hydrogen) atoms. The summed E-state index contributed by atoms with van der Waals surface area (Å²) < 4.78 is 10.9. The summed E-state index contributed by atoms with van der Waals surface area (Å²) in [6.45, 7) is 5.88. The van der Waals surface area contributed by atoms with E-state index in [1.54, 1.807) is 18.2 Å². The fraction of sp³-hybridized carbons (Fsp3) is 0.278. The minimum atomic E-state index is -0.273. The van der Waals surface area contributed by atoms with E-state index in [0.29, 0.717) is 16.5 Å². The summed E-state index contributed by atoms with van der Waals surface area (Å²) in [5.74, 6) is 1.01. The number of hydrogen-bond acceptors (Lipinski definition) is 3. The molecule has 0 aliphatic rings. The van der Waals surface area contributed by atoms with Gasteiger partial charge in [0.25, 0.3) is 5.91 Å². The number of carbonyl (C=O) groups excluding carboxylic acids is 1. The summed E-state index contributed by atoms with van der Waals surface area (Å²) in [6.07, 6.45) is 0. The third-order valence-electron chi connectivity index (χ3n) is 3.39. The molecule has 122 valence electrons. The number of hydrogen-bond donors (Lipinski definition) is 1. The van der Waals surface area contributed by atoms with E-state index in [4.69, 9.17) is 21.1 Å². The zero-order chi connectivity index (χ0) is 17.0. The van der Waals surface area contributed by atoms with Crippen molar-refractivity contribution in [3.05, 3.63) is 52.0 Å². The third kappa shape index (κ3) is 4.39. The van der Waals surface area contributed by atoms with E-state index in [2.05, 4.69) is 5.32 Å². The van der Waals surface area contributed by atoms with Gasteiger partial charge in [-0.15, -0.1) is 0 Å². The molecule has 5 heteroatoms. The van der Waals surface area contributed by atoms with Crippen molar-refractivity contribution >= 4 is 23.2 Å². The number of carbonyl (C=O) groups is 1. The molecular weight excluding hydrogens is 314 g/mol. The Labute approximate surface area is 141 Å². The lowest BCUT2D eigenvalue weighted by Crippen LogP contribution is -2.21. The van der Waals surface area contributed by atoms with Crippen LogP contribution in [0.4, 0.5) is 5.69 Å². The SMILES string of the molecule is COc1ccc(Cl)cc1NC(=O)COc1c(C)cc(C)cc1C. The fourth-order valence-electron chi connectivity index (χ4n) is 2.50. The van der Waals surface area contributed by atoms with Crippen LogP contribution in [0, 0.1) is 20.8 Å². The first kappa shape index (κ1) is 17.2. The number of ether oxygens (including phenoxy) is 2. The van der Waals surface area contributed by atoms with Crippen molar-refractivity contribution in [1.29, 1.82) is 0 Å². The predicted molar refractivity (Wildman–Crippen MR) is 92.8 cm³/mol. The number of benzene rings is 2. The first-order valence-electron chi connectivity index (χ1n) is 7.24. The number of halogens is 1. The highest BCUT2D eigenvalue weighted by molar-refractivity contribution is 6.31. The lowest BCUT2D eigenvalue weighted by Gasteiger charge is -2.14. The smallest absolute Gasteiger partial charge is 0.262 e. The minimum absolute atomic E-state index is 0.0829. The maximum absolute atomic E-state index is 12.1. The fourth-order valence-corrected chi connectivity index (χ4v) is 2.67. The monoisotopic (exact) mass is 333 g/mol. The summed E-state index contributed by atoms with van der Waals surface area (Å²) in [6, 6.07) is 9.10. The van der Waals surface area contributed by atoms with Crippen molar-refractivity contribution in [3.63, 3.8) is 0 Å². The molecule has 0 spiro atoms. The van der Waals surface area contributed by atoms with Crippen LogP contribution in [-0.2, 0) is 4.79 Å². The molecule has 0 bridgehead atoms. The Morgan fingerprint density at radius 2 is 1.78 bits per heavy atom. The second-order valence-electron chi connectivity index (χ2n) is 5.41. The zero-order valence-electron chi connectivity index (χ0n) is 13.7. The van der Waals surface area contributed by atoms with Gasteiger partial charge in [-0.3, -0.25) is 4.79 Å². The van der Waals surface area contributed by atoms with E-state index < -0.39 is 0 Å². The van der Waals surface area contributed by atoms with Crippen LogP contribution in [0.15, 0.2) is 30.3 Å². The second-order valence-corrected chi connectivity index (χ2v) is 5.85. The Hall–Kier alpha value is -2.20. The molecule has 0 atom stereocenters. The van der Waals surface area contributed by atoms with Crippen molar-refractivity contribution in [2.24, 2.45) is 0 Å². The molecule has 0 saturated heterocycles. The quantitative estimate of drug-likeness (QED) is 0.887. The molecule has 1 N–H and O–H groups in total. The molecular formula is C18H20ClNO3. The van der Waals surface area contributed by atoms with E-state index in [1.165, 1.54) is 12.7 Å². The molecule has 2 aromatic carbocycles. The van der Waals surface area contributed by atoms with E-state index in [1.807, 2.05) is 32.9 Å². The normalized spacial score (nSPS) is 10.3. The number of aryl methyl sites for hydroxylation is 3. The van der Waals surface area contributed by atoms with Crippen molar-refractivity contribution < 1.29 is 14.3 Å². The van der Waals surface area contributed by atoms with Gasteiger partial charge in [-0.25, -0.2) is 0 Å². The van der Waals surface area contributed by atoms with Gasteiger partial charge in [-0.05, 0) is 50.1 Å². The summed E-state index contributed by atoms with van der Waals surface area (Å²) in [5.41, 5.74) is 3.71. The Morgan fingerprint density at radius 1 is 1.13 bits per heavy atom. The lowest BCUT2D eigenvalue weighted by atomic mass is 10.1. The summed E-state index contributed by atoms with van der Waals surface area (Å²) in [4.78, 5) is 12.1. The molecule has 0 saturated carbocycles. The largest absolute Gasteiger partial charge is 0.495 e. The molecule has 4 nitrogen and oxygen atoms in total. The van der Waals surface area contributed by atoms with Gasteiger partial charge >= 0.3 is 0 Å². The molecule has 0 heterocycles. The van der Waals surface area contributed by atoms with Gasteiger partial charge < -0.3 is 14.8 Å². The van der Waals surface area contributed by atoms with Gasteiger partial charge in [0.15, 0.2) is 6.61 Å². The Kier molecular flexibility index (Phi) is 5.50. The standard InChI is InChI=1S/C18H20ClNO3/c1-11-7-12(2)18(13(3)8-11)23-10-17(21)20-15-9-14(19)5-6-16(15)22-4/h5-9H,10H2,1-4H3,(H,20,21). The van der Waals surface area contributed by atoms with Gasteiger partial charge in [-0.2, -0.15) is 0 Å². The van der Waals surface area contributed by atoms with Crippen molar-refractivity contribution in [2.75, 3.05) is 19.0 Å². The van der Waals surface area contributed by atoms with Crippen LogP contribution >= 0.6 is 11.6 Å². The van der Waals surface area contributed by atoms with Crippen LogP contribution < -0.4 is 14.8 Å². The van der Waals surface area contributed by atoms with E-state index >= 15 is 0 Å². The highest BCUT2D eigenvalue weighted by Crippen LogP contribution is 2.28. The number of anilines is 1. The van der Waals surface area contributed by atoms with Gasteiger partial charge in [0, 0.05) is 5.02 Å². The molecule has 0 aliphatic heterocycles. The van der Waals surface area contributed by atoms with Crippen molar-refractivity contribution in [2.45, 2.75) is 20.8 Å². The van der Waals surface area contributed by atoms with Crippen molar-refractivity contribution in [3.8, 4) is 11.5 Å². The zero-order valence-corrected chi connectivity index (χ0v) is 14.5. The van der Waals surface area contributed by atoms with Gasteiger partial charge in [-0.1, -0.05) is 29.3 Å². The van der Waals surface area contributed by atoms with Crippen LogP contribution in [0.25, 0.3) is 0 Å². The summed E-state index contributed by atoms with van der Waals surface area (Å²) in [5, 5.41) is 3.27. The van der Waals surface area contributed by atoms with Crippen LogP contribution in [0.3, 0.4) is 0 Å². The van der Waals surface area contributed by atoms with E-state index in [-0.39, 0.29) is 12.5 Å². The van der Waals surface area contributed by atoms with Crippen molar-refractivity contribution in [1.82, 2.24) is 0 Å². The number of methoxy groups -OCH3 is 1. The Bertz CT molecular complexity index is 705. The molecule has 2 aromatic rings. The van der Waals surface area contributed by atoms with Gasteiger partial charge in [0.1, 0.15) is 11.5 Å². The lowest BCUT2D eigenvalue weighted by molar-refractivity contribution is -0.118. The van der Waals surface area contributed by atoms with Gasteiger partial charge in [0.2, 0.25) is 0 Å². The molecule has 2 rings (SSSR count). The Morgan fingerprint density at radius 3 is 2.39 bits per heavy atom. The van der Waals surface area contributed by atoms with Crippen LogP contribution in [0.2, 0.25) is 5.02 Å². The van der Waals surface area contributed by atoms with E-state index in [9.17, 15) is 4.79 Å². The molecule has 0 aliphatic carbocycles. The van der Waals surface area contributed by atoms with E-state index in [0.717, 1.165) is 16.9 Å². The van der Waals surface area contributed by atoms with Crippen LogP contribution in [-0.4, -0.2) is 19.6 Å². The van der Waals surface area contributed by atoms with Crippen LogP contribution in [0.1, 0.15) is 16.7 Å². The average Bonchev–Trinajstić information content (AvgIpc) is 2.46. The summed E-state index contributed by atoms with van der Waals surface area (Å²) >= 11 is 5.95. The molecule has 0 radical (unpaired) electrons. The topological polar surface area (TPSA) is 47.6 Å². The van der Waals surface area contributed by atoms with Crippen LogP contribution in [0.5, 0.6) is 11.5 Å². The predicted octanol–water partition coefficient (Wildman–Crippen LogP) is 4.29. The minimum Gasteiger partial charge on any atom is -0.495 e. The second kappa shape index (κ2) is 7.38. The highest BCUT2D eigenvalue weighted by Gasteiger charge is 2.11. The first-order chi connectivity index (χ1) is 10.9. The Balaban J connectivity index is 2.05. The third-order valence-corrected chi connectivity index (χ3v) is 3.62. The average molecular weight is 334 g/mol. The number of amides is 1. The summed E-state index contributed by atoms with van der Waals surface area (Å²) in [7, 11) is 1.54. The highest BCUT2D eigenvalue weighted by atomic mass is 35.5.